The molecule has 4 heterocycles. The van der Waals surface area contributed by atoms with E-state index in [1.54, 1.807) is 25.7 Å². The van der Waals surface area contributed by atoms with Crippen molar-refractivity contribution in [2.45, 2.75) is 84.5 Å². The fourth-order valence-electron chi connectivity index (χ4n) is 5.73. The molecule has 4 aromatic heterocycles. The molecule has 0 radical (unpaired) electrons. The molecule has 56 heavy (non-hydrogen) atoms. The van der Waals surface area contributed by atoms with E-state index < -0.39 is 16.4 Å². The van der Waals surface area contributed by atoms with Gasteiger partial charge in [-0.15, -0.1) is 0 Å². The van der Waals surface area contributed by atoms with Crippen LogP contribution in [0.2, 0.25) is 43.8 Å². The highest BCUT2D eigenvalue weighted by Crippen LogP contribution is 2.39. The minimum Gasteiger partial charge on any atom is -0.490 e. The Morgan fingerprint density at radius 1 is 0.750 bits per heavy atom. The fourth-order valence-corrected chi connectivity index (χ4v) is 7.52. The van der Waals surface area contributed by atoms with Gasteiger partial charge in [-0.25, -0.2) is 0 Å². The third kappa shape index (κ3) is 10.5. The van der Waals surface area contributed by atoms with Gasteiger partial charge in [0, 0.05) is 43.6 Å². The SMILES string of the molecule is COc1nc(OCc2cncc(OCCO[Si](C)(C)C(C)(C)C)c2)c2c(-c3ccc4ncc(OCc5ccccc5)cc4c3)cn(COCC[Si](C)(C)C)c2n1. The van der Waals surface area contributed by atoms with Gasteiger partial charge in [0.25, 0.3) is 0 Å². The van der Waals surface area contributed by atoms with Crippen LogP contribution in [0.1, 0.15) is 31.9 Å². The molecule has 0 bridgehead atoms. The summed E-state index contributed by atoms with van der Waals surface area (Å²) in [5, 5.41) is 1.82. The summed E-state index contributed by atoms with van der Waals surface area (Å²) in [6.07, 6.45) is 7.28. The highest BCUT2D eigenvalue weighted by molar-refractivity contribution is 6.76. The molecule has 2 aromatic carbocycles. The highest BCUT2D eigenvalue weighted by atomic mass is 28.4. The molecule has 0 N–H and O–H groups in total. The van der Waals surface area contributed by atoms with Crippen LogP contribution in [0.4, 0.5) is 0 Å². The van der Waals surface area contributed by atoms with Gasteiger partial charge in [0.15, 0.2) is 14.0 Å². The van der Waals surface area contributed by atoms with E-state index in [4.69, 9.17) is 38.1 Å². The number of ether oxygens (including phenoxy) is 5. The molecule has 0 saturated carbocycles. The zero-order valence-electron chi connectivity index (χ0n) is 34.2. The number of fused-ring (bicyclic) bond motifs is 2. The van der Waals surface area contributed by atoms with E-state index in [1.807, 2.05) is 59.3 Å². The van der Waals surface area contributed by atoms with Crippen LogP contribution in [-0.4, -0.2) is 67.8 Å². The second-order valence-corrected chi connectivity index (χ2v) is 27.1. The number of benzene rings is 2. The zero-order chi connectivity index (χ0) is 39.9. The number of nitrogens with zero attached hydrogens (tertiary/aromatic N) is 5. The molecule has 6 aromatic rings. The lowest BCUT2D eigenvalue weighted by atomic mass is 10.0. The average molecular weight is 794 g/mol. The molecule has 0 atom stereocenters. The maximum atomic E-state index is 6.51. The molecular weight excluding hydrogens is 739 g/mol. The van der Waals surface area contributed by atoms with Crippen LogP contribution in [-0.2, 0) is 29.1 Å². The van der Waals surface area contributed by atoms with Crippen LogP contribution in [0, 0.1) is 0 Å². The molecule has 296 valence electrons. The zero-order valence-corrected chi connectivity index (χ0v) is 36.2. The Morgan fingerprint density at radius 2 is 1.52 bits per heavy atom. The molecule has 0 aliphatic heterocycles. The van der Waals surface area contributed by atoms with Gasteiger partial charge < -0.3 is 32.7 Å². The van der Waals surface area contributed by atoms with Crippen LogP contribution in [0.3, 0.4) is 0 Å². The summed E-state index contributed by atoms with van der Waals surface area (Å²) in [4.78, 5) is 18.6. The van der Waals surface area contributed by atoms with Gasteiger partial charge in [0.05, 0.1) is 37.0 Å². The van der Waals surface area contributed by atoms with Crippen molar-refractivity contribution in [2.24, 2.45) is 0 Å². The molecule has 0 amide bonds. The predicted molar refractivity (Wildman–Crippen MR) is 227 cm³/mol. The first-order valence-corrected chi connectivity index (χ1v) is 25.7. The summed E-state index contributed by atoms with van der Waals surface area (Å²) in [7, 11) is -1.60. The molecule has 0 aliphatic rings. The molecule has 0 aliphatic carbocycles. The Labute approximate surface area is 332 Å². The lowest BCUT2D eigenvalue weighted by molar-refractivity contribution is 0.0898. The van der Waals surface area contributed by atoms with Crippen LogP contribution in [0.25, 0.3) is 33.1 Å². The Morgan fingerprint density at radius 3 is 2.27 bits per heavy atom. The third-order valence-corrected chi connectivity index (χ3v) is 16.3. The molecule has 0 saturated heterocycles. The summed E-state index contributed by atoms with van der Waals surface area (Å²) in [5.41, 5.74) is 5.25. The Balaban J connectivity index is 1.28. The smallest absolute Gasteiger partial charge is 0.321 e. The Kier molecular flexibility index (Phi) is 12.8. The number of methoxy groups -OCH3 is 1. The molecule has 0 unspecified atom stereocenters. The fraction of sp³-hybridized carbons (Fsp3) is 0.395. The third-order valence-electron chi connectivity index (χ3n) is 10.1. The summed E-state index contributed by atoms with van der Waals surface area (Å²) in [6.45, 7) is 20.8. The maximum Gasteiger partial charge on any atom is 0.321 e. The molecule has 0 fully saturated rings. The largest absolute Gasteiger partial charge is 0.490 e. The topological polar surface area (TPSA) is 112 Å². The van der Waals surface area contributed by atoms with Crippen molar-refractivity contribution in [3.63, 3.8) is 0 Å². The second kappa shape index (κ2) is 17.5. The monoisotopic (exact) mass is 793 g/mol. The van der Waals surface area contributed by atoms with Gasteiger partial charge in [0.1, 0.15) is 38.1 Å². The van der Waals surface area contributed by atoms with E-state index in [0.29, 0.717) is 56.2 Å². The van der Waals surface area contributed by atoms with Crippen molar-refractivity contribution >= 4 is 38.3 Å². The normalized spacial score (nSPS) is 12.3. The van der Waals surface area contributed by atoms with Crippen molar-refractivity contribution in [1.29, 1.82) is 0 Å². The Bertz CT molecular complexity index is 2230. The molecule has 13 heteroatoms. The van der Waals surface area contributed by atoms with E-state index in [-0.39, 0.29) is 17.7 Å². The van der Waals surface area contributed by atoms with Gasteiger partial charge in [-0.1, -0.05) is 76.8 Å². The quantitative estimate of drug-likeness (QED) is 0.0616. The number of hydrogen-bond donors (Lipinski definition) is 0. The lowest BCUT2D eigenvalue weighted by Gasteiger charge is -2.36. The standard InChI is InChI=1S/C43H55N5O6Si2/c1-43(2,3)56(8,9)54-18-17-51-35-21-32(24-44-25-35)29-53-41-39-37(27-48(30-50-19-20-55(5,6)7)40(39)46-42(47-41)49-4)33-15-16-38-34(22-33)23-36(26-45-38)52-28-31-13-11-10-12-14-31/h10-16,21-27H,17-20,28-30H2,1-9H3. The minimum absolute atomic E-state index is 0.134. The van der Waals surface area contributed by atoms with E-state index in [9.17, 15) is 0 Å². The van der Waals surface area contributed by atoms with E-state index in [1.165, 1.54) is 0 Å². The van der Waals surface area contributed by atoms with Gasteiger partial charge in [-0.05, 0) is 59.6 Å². The van der Waals surface area contributed by atoms with Crippen molar-refractivity contribution < 1.29 is 28.1 Å². The highest BCUT2D eigenvalue weighted by Gasteiger charge is 2.37. The van der Waals surface area contributed by atoms with Crippen molar-refractivity contribution in [1.82, 2.24) is 24.5 Å². The molecule has 6 rings (SSSR count). The van der Waals surface area contributed by atoms with Gasteiger partial charge in [-0.2, -0.15) is 9.97 Å². The van der Waals surface area contributed by atoms with E-state index >= 15 is 0 Å². The van der Waals surface area contributed by atoms with E-state index in [0.717, 1.165) is 44.6 Å². The number of hydrogen-bond acceptors (Lipinski definition) is 10. The van der Waals surface area contributed by atoms with Crippen molar-refractivity contribution in [2.75, 3.05) is 26.9 Å². The van der Waals surface area contributed by atoms with Crippen LogP contribution in [0.5, 0.6) is 23.4 Å². The van der Waals surface area contributed by atoms with Gasteiger partial charge in [0.2, 0.25) is 5.88 Å². The van der Waals surface area contributed by atoms with Crippen LogP contribution in [0.15, 0.2) is 85.5 Å². The first-order chi connectivity index (χ1) is 26.7. The summed E-state index contributed by atoms with van der Waals surface area (Å²) >= 11 is 0. The van der Waals surface area contributed by atoms with E-state index in [2.05, 4.69) is 75.6 Å². The minimum atomic E-state index is -1.87. The number of pyridine rings is 2. The molecular formula is C43H55N5O6Si2. The van der Waals surface area contributed by atoms with Gasteiger partial charge >= 0.3 is 6.01 Å². The number of aromatic nitrogens is 5. The average Bonchev–Trinajstić information content (AvgIpc) is 3.54. The molecule has 11 nitrogen and oxygen atoms in total. The first kappa shape index (κ1) is 40.8. The summed E-state index contributed by atoms with van der Waals surface area (Å²) in [5.74, 6) is 1.72. The van der Waals surface area contributed by atoms with Crippen LogP contribution < -0.4 is 18.9 Å². The first-order valence-electron chi connectivity index (χ1n) is 19.1. The molecule has 0 spiro atoms. The van der Waals surface area contributed by atoms with Crippen molar-refractivity contribution in [3.05, 3.63) is 96.6 Å². The van der Waals surface area contributed by atoms with Gasteiger partial charge in [-0.3, -0.25) is 9.97 Å². The summed E-state index contributed by atoms with van der Waals surface area (Å²) < 4.78 is 38.8. The lowest BCUT2D eigenvalue weighted by Crippen LogP contribution is -2.41. The second-order valence-electron chi connectivity index (χ2n) is 16.7. The van der Waals surface area contributed by atoms with Crippen molar-refractivity contribution in [3.8, 4) is 34.5 Å². The summed E-state index contributed by atoms with van der Waals surface area (Å²) in [6, 6.07) is 21.5. The number of rotatable bonds is 18. The Hall–Kier alpha value is -4.83. The predicted octanol–water partition coefficient (Wildman–Crippen LogP) is 9.92. The maximum absolute atomic E-state index is 6.51. The van der Waals surface area contributed by atoms with Crippen LogP contribution >= 0.6 is 0 Å².